The smallest absolute Gasteiger partial charge is 0.315 e. The number of rotatable bonds is 2. The summed E-state index contributed by atoms with van der Waals surface area (Å²) in [4.78, 5) is 11.7. The van der Waals surface area contributed by atoms with E-state index in [2.05, 4.69) is 10.6 Å². The lowest BCUT2D eigenvalue weighted by Gasteiger charge is -2.43. The lowest BCUT2D eigenvalue weighted by Crippen LogP contribution is -2.59. The minimum atomic E-state index is -0.945. The number of carbonyl (C=O) groups excluding carboxylic acids is 1. The second kappa shape index (κ2) is 5.62. The third kappa shape index (κ3) is 2.93. The summed E-state index contributed by atoms with van der Waals surface area (Å²) in [6, 6.07) is 5.94. The van der Waals surface area contributed by atoms with Crippen LogP contribution in [-0.4, -0.2) is 29.3 Å². The summed E-state index contributed by atoms with van der Waals surface area (Å²) in [7, 11) is 0. The highest BCUT2D eigenvalue weighted by Gasteiger charge is 2.44. The summed E-state index contributed by atoms with van der Waals surface area (Å²) in [5, 5.41) is 24.9. The number of urea groups is 1. The average Bonchev–Trinajstić information content (AvgIpc) is 2.43. The van der Waals surface area contributed by atoms with Gasteiger partial charge in [-0.1, -0.05) is 0 Å². The molecule has 1 aromatic carbocycles. The summed E-state index contributed by atoms with van der Waals surface area (Å²) >= 11 is 0. The van der Waals surface area contributed by atoms with E-state index in [0.29, 0.717) is 23.4 Å². The van der Waals surface area contributed by atoms with Gasteiger partial charge < -0.3 is 20.5 Å². The molecule has 6 nitrogen and oxygen atoms in total. The molecule has 2 rings (SSSR count). The van der Waals surface area contributed by atoms with Crippen molar-refractivity contribution in [2.45, 2.75) is 38.5 Å². The van der Waals surface area contributed by atoms with Crippen molar-refractivity contribution >= 4 is 6.03 Å². The zero-order valence-electron chi connectivity index (χ0n) is 12.3. The van der Waals surface area contributed by atoms with Gasteiger partial charge in [0.05, 0.1) is 17.7 Å². The van der Waals surface area contributed by atoms with Gasteiger partial charge >= 0.3 is 6.03 Å². The molecule has 2 atom stereocenters. The third-order valence-electron chi connectivity index (χ3n) is 3.52. The van der Waals surface area contributed by atoms with Crippen molar-refractivity contribution in [2.75, 3.05) is 6.54 Å². The summed E-state index contributed by atoms with van der Waals surface area (Å²) in [6.45, 7) is 5.90. The number of nitrogens with one attached hydrogen (secondary N) is 2. The van der Waals surface area contributed by atoms with Gasteiger partial charge in [-0.25, -0.2) is 4.79 Å². The van der Waals surface area contributed by atoms with Crippen molar-refractivity contribution in [2.24, 2.45) is 0 Å². The van der Waals surface area contributed by atoms with E-state index in [1.807, 2.05) is 13.0 Å². The predicted molar refractivity (Wildman–Crippen MR) is 76.8 cm³/mol. The van der Waals surface area contributed by atoms with Gasteiger partial charge in [0.2, 0.25) is 0 Å². The Morgan fingerprint density at radius 3 is 2.86 bits per heavy atom. The molecule has 0 saturated heterocycles. The van der Waals surface area contributed by atoms with Gasteiger partial charge in [0.25, 0.3) is 0 Å². The van der Waals surface area contributed by atoms with Crippen molar-refractivity contribution < 1.29 is 14.6 Å². The lowest BCUT2D eigenvalue weighted by molar-refractivity contribution is -0.0228. The Morgan fingerprint density at radius 1 is 1.52 bits per heavy atom. The van der Waals surface area contributed by atoms with Gasteiger partial charge in [0.1, 0.15) is 17.5 Å². The van der Waals surface area contributed by atoms with E-state index in [1.54, 1.807) is 32.0 Å². The highest BCUT2D eigenvalue weighted by Crippen LogP contribution is 2.40. The molecule has 3 N–H and O–H groups in total. The Balaban J connectivity index is 2.34. The fourth-order valence-electron chi connectivity index (χ4n) is 2.45. The van der Waals surface area contributed by atoms with E-state index in [1.165, 1.54) is 0 Å². The zero-order valence-corrected chi connectivity index (χ0v) is 12.3. The van der Waals surface area contributed by atoms with Crippen LogP contribution in [0.4, 0.5) is 4.79 Å². The van der Waals surface area contributed by atoms with Crippen molar-refractivity contribution in [3.8, 4) is 11.8 Å². The topological polar surface area (TPSA) is 94.4 Å². The number of amides is 2. The summed E-state index contributed by atoms with van der Waals surface area (Å²) in [5.41, 5.74) is 0.175. The number of hydrogen-bond acceptors (Lipinski definition) is 4. The number of benzene rings is 1. The first-order valence-corrected chi connectivity index (χ1v) is 6.84. The molecule has 1 aliphatic heterocycles. The van der Waals surface area contributed by atoms with Gasteiger partial charge in [0.15, 0.2) is 0 Å². The average molecular weight is 289 g/mol. The SMILES string of the molecule is CCNC(=O)N[C@@H]1C(O)c2cc(C#N)ccc2OC1(C)C. The van der Waals surface area contributed by atoms with Crippen molar-refractivity contribution in [3.63, 3.8) is 0 Å². The number of carbonyl (C=O) groups is 1. The van der Waals surface area contributed by atoms with Crippen LogP contribution in [0.2, 0.25) is 0 Å². The molecule has 1 aromatic rings. The van der Waals surface area contributed by atoms with E-state index >= 15 is 0 Å². The number of aliphatic hydroxyl groups excluding tert-OH is 1. The van der Waals surface area contributed by atoms with Crippen LogP contribution in [0.15, 0.2) is 18.2 Å². The minimum Gasteiger partial charge on any atom is -0.485 e. The maximum absolute atomic E-state index is 11.7. The number of nitrogens with zero attached hydrogens (tertiary/aromatic N) is 1. The first-order chi connectivity index (χ1) is 9.89. The highest BCUT2D eigenvalue weighted by molar-refractivity contribution is 5.74. The van der Waals surface area contributed by atoms with E-state index in [4.69, 9.17) is 10.00 Å². The van der Waals surface area contributed by atoms with Crippen LogP contribution in [0.25, 0.3) is 0 Å². The predicted octanol–water partition coefficient (Wildman–Crippen LogP) is 1.45. The molecule has 0 saturated carbocycles. The molecule has 0 aromatic heterocycles. The number of nitriles is 1. The van der Waals surface area contributed by atoms with Gasteiger partial charge in [-0.3, -0.25) is 0 Å². The van der Waals surface area contributed by atoms with Gasteiger partial charge in [-0.15, -0.1) is 0 Å². The van der Waals surface area contributed by atoms with Gasteiger partial charge in [-0.05, 0) is 39.0 Å². The summed E-state index contributed by atoms with van der Waals surface area (Å²) < 4.78 is 5.87. The molecule has 21 heavy (non-hydrogen) atoms. The molecule has 0 fully saturated rings. The maximum atomic E-state index is 11.7. The fraction of sp³-hybridized carbons (Fsp3) is 0.467. The Bertz CT molecular complexity index is 592. The molecule has 0 radical (unpaired) electrons. The molecule has 2 amide bonds. The number of hydrogen-bond donors (Lipinski definition) is 3. The normalized spacial score (nSPS) is 22.4. The summed E-state index contributed by atoms with van der Waals surface area (Å²) in [6.07, 6.45) is -0.945. The van der Waals surface area contributed by atoms with Crippen LogP contribution >= 0.6 is 0 Å². The molecule has 0 aliphatic carbocycles. The number of fused-ring (bicyclic) bond motifs is 1. The maximum Gasteiger partial charge on any atom is 0.315 e. The summed E-state index contributed by atoms with van der Waals surface area (Å²) in [5.74, 6) is 0.528. The van der Waals surface area contributed by atoms with Crippen molar-refractivity contribution in [1.82, 2.24) is 10.6 Å². The molecular weight excluding hydrogens is 270 g/mol. The van der Waals surface area contributed by atoms with E-state index in [0.717, 1.165) is 0 Å². The second-order valence-electron chi connectivity index (χ2n) is 5.50. The standard InChI is InChI=1S/C15H19N3O3/c1-4-17-14(20)18-13-12(19)10-7-9(8-16)5-6-11(10)21-15(13,2)3/h5-7,12-13,19H,4H2,1-3H3,(H2,17,18,20)/t12?,13-/m1/s1. The fourth-order valence-corrected chi connectivity index (χ4v) is 2.45. The van der Waals surface area contributed by atoms with Crippen LogP contribution < -0.4 is 15.4 Å². The van der Waals surface area contributed by atoms with Crippen molar-refractivity contribution in [1.29, 1.82) is 5.26 Å². The molecule has 1 aliphatic rings. The second-order valence-corrected chi connectivity index (χ2v) is 5.50. The molecule has 112 valence electrons. The Hall–Kier alpha value is -2.26. The Kier molecular flexibility index (Phi) is 4.05. The monoisotopic (exact) mass is 289 g/mol. The highest BCUT2D eigenvalue weighted by atomic mass is 16.5. The largest absolute Gasteiger partial charge is 0.485 e. The molecule has 1 heterocycles. The van der Waals surface area contributed by atoms with Gasteiger partial charge in [0, 0.05) is 12.1 Å². The minimum absolute atomic E-state index is 0.363. The van der Waals surface area contributed by atoms with Crippen molar-refractivity contribution in [3.05, 3.63) is 29.3 Å². The quantitative estimate of drug-likeness (QED) is 0.768. The molecule has 6 heteroatoms. The number of ether oxygens (including phenoxy) is 1. The molecule has 0 spiro atoms. The van der Waals surface area contributed by atoms with Crippen LogP contribution in [-0.2, 0) is 0 Å². The first-order valence-electron chi connectivity index (χ1n) is 6.84. The molecular formula is C15H19N3O3. The Labute approximate surface area is 123 Å². The third-order valence-corrected chi connectivity index (χ3v) is 3.52. The van der Waals surface area contributed by atoms with Crippen LogP contribution in [0.3, 0.4) is 0 Å². The first kappa shape index (κ1) is 15.1. The van der Waals surface area contributed by atoms with E-state index in [-0.39, 0.29) is 6.03 Å². The zero-order chi connectivity index (χ0) is 15.6. The lowest BCUT2D eigenvalue weighted by atomic mass is 9.85. The van der Waals surface area contributed by atoms with Crippen LogP contribution in [0.5, 0.6) is 5.75 Å². The van der Waals surface area contributed by atoms with Crippen LogP contribution in [0, 0.1) is 11.3 Å². The molecule has 1 unspecified atom stereocenters. The molecule has 0 bridgehead atoms. The van der Waals surface area contributed by atoms with Gasteiger partial charge in [-0.2, -0.15) is 5.26 Å². The number of aliphatic hydroxyl groups is 1. The van der Waals surface area contributed by atoms with E-state index in [9.17, 15) is 9.90 Å². The van der Waals surface area contributed by atoms with E-state index < -0.39 is 17.7 Å². The van der Waals surface area contributed by atoms with Crippen LogP contribution in [0.1, 0.15) is 38.0 Å². The Morgan fingerprint density at radius 2 is 2.24 bits per heavy atom.